The van der Waals surface area contributed by atoms with Crippen molar-refractivity contribution in [3.63, 3.8) is 0 Å². The fourth-order valence-corrected chi connectivity index (χ4v) is 4.03. The van der Waals surface area contributed by atoms with E-state index in [-0.39, 0.29) is 11.7 Å². The molecule has 1 saturated heterocycles. The first-order valence-electron chi connectivity index (χ1n) is 11.3. The molecule has 0 radical (unpaired) electrons. The van der Waals surface area contributed by atoms with E-state index in [0.29, 0.717) is 12.6 Å². The maximum atomic E-state index is 13.0. The second-order valence-electron chi connectivity index (χ2n) is 8.00. The molecule has 1 amide bonds. The number of hydrogen-bond acceptors (Lipinski definition) is 3. The zero-order valence-electron chi connectivity index (χ0n) is 18.6. The highest BCUT2D eigenvalue weighted by atomic mass is 19.1. The van der Waals surface area contributed by atoms with E-state index in [9.17, 15) is 9.18 Å². The van der Waals surface area contributed by atoms with Crippen LogP contribution in [0.2, 0.25) is 0 Å². The van der Waals surface area contributed by atoms with Crippen molar-refractivity contribution in [1.29, 1.82) is 0 Å². The van der Waals surface area contributed by atoms with Gasteiger partial charge in [-0.15, -0.1) is 0 Å². The van der Waals surface area contributed by atoms with Gasteiger partial charge in [0.15, 0.2) is 0 Å². The number of hydrogen-bond donors (Lipinski definition) is 0. The second-order valence-corrected chi connectivity index (χ2v) is 8.00. The van der Waals surface area contributed by atoms with Gasteiger partial charge in [-0.05, 0) is 73.8 Å². The van der Waals surface area contributed by atoms with Crippen molar-refractivity contribution < 1.29 is 13.9 Å². The lowest BCUT2D eigenvalue weighted by atomic mass is 10.0. The third-order valence-electron chi connectivity index (χ3n) is 5.83. The summed E-state index contributed by atoms with van der Waals surface area (Å²) >= 11 is 0. The Morgan fingerprint density at radius 3 is 2.39 bits per heavy atom. The Bertz CT molecular complexity index is 841. The Morgan fingerprint density at radius 2 is 1.77 bits per heavy atom. The van der Waals surface area contributed by atoms with Gasteiger partial charge in [0.25, 0.3) is 0 Å². The number of rotatable bonds is 9. The van der Waals surface area contributed by atoms with E-state index < -0.39 is 0 Å². The number of likely N-dealkylation sites (tertiary alicyclic amines) is 1. The fraction of sp³-hybridized carbons (Fsp3) is 0.423. The van der Waals surface area contributed by atoms with Crippen molar-refractivity contribution >= 4 is 12.0 Å². The van der Waals surface area contributed by atoms with Crippen molar-refractivity contribution in [1.82, 2.24) is 9.80 Å². The number of amides is 1. The van der Waals surface area contributed by atoms with Crippen molar-refractivity contribution in [3.05, 3.63) is 71.6 Å². The Labute approximate surface area is 185 Å². The topological polar surface area (TPSA) is 32.8 Å². The zero-order valence-corrected chi connectivity index (χ0v) is 18.6. The van der Waals surface area contributed by atoms with Gasteiger partial charge in [0, 0.05) is 25.2 Å². The summed E-state index contributed by atoms with van der Waals surface area (Å²) in [4.78, 5) is 17.1. The van der Waals surface area contributed by atoms with E-state index >= 15 is 0 Å². The number of carbonyl (C=O) groups excluding carboxylic acids is 1. The maximum Gasteiger partial charge on any atom is 0.246 e. The molecule has 0 saturated carbocycles. The van der Waals surface area contributed by atoms with Crippen LogP contribution in [0.1, 0.15) is 44.2 Å². The predicted octanol–water partition coefficient (Wildman–Crippen LogP) is 5.14. The highest BCUT2D eigenvalue weighted by Gasteiger charge is 2.24. The predicted molar refractivity (Wildman–Crippen MR) is 123 cm³/mol. The highest BCUT2D eigenvalue weighted by Crippen LogP contribution is 2.18. The molecular weight excluding hydrogens is 391 g/mol. The molecule has 4 nitrogen and oxygen atoms in total. The Morgan fingerprint density at radius 1 is 1.10 bits per heavy atom. The van der Waals surface area contributed by atoms with Crippen LogP contribution in [0.4, 0.5) is 4.39 Å². The number of ether oxygens (including phenoxy) is 1. The molecule has 2 aromatic rings. The summed E-state index contributed by atoms with van der Waals surface area (Å²) in [7, 11) is 0. The third-order valence-corrected chi connectivity index (χ3v) is 5.83. The molecule has 0 atom stereocenters. The fourth-order valence-electron chi connectivity index (χ4n) is 4.03. The van der Waals surface area contributed by atoms with Crippen molar-refractivity contribution in [2.75, 3.05) is 26.2 Å². The van der Waals surface area contributed by atoms with Crippen LogP contribution >= 0.6 is 0 Å². The van der Waals surface area contributed by atoms with Gasteiger partial charge in [0.05, 0.1) is 0 Å². The molecule has 0 spiro atoms. The standard InChI is InChI=1S/C26H33FN2O2/c1-3-17-28(4-2)24-15-18-29(19-16-24)26(30)14-9-21-7-12-25(13-8-21)31-20-22-5-10-23(27)11-6-22/h5-14,24H,3-4,15-20H2,1-2H3/b14-9-. The summed E-state index contributed by atoms with van der Waals surface area (Å²) in [6, 6.07) is 14.5. The molecule has 0 unspecified atom stereocenters. The quantitative estimate of drug-likeness (QED) is 0.523. The third kappa shape index (κ3) is 6.93. The van der Waals surface area contributed by atoms with Gasteiger partial charge in [0.1, 0.15) is 18.2 Å². The average molecular weight is 425 g/mol. The Balaban J connectivity index is 1.45. The van der Waals surface area contributed by atoms with E-state index in [1.165, 1.54) is 18.6 Å². The zero-order chi connectivity index (χ0) is 22.1. The molecule has 0 aliphatic carbocycles. The van der Waals surface area contributed by atoms with Gasteiger partial charge in [-0.25, -0.2) is 4.39 Å². The lowest BCUT2D eigenvalue weighted by Gasteiger charge is -2.37. The number of halogens is 1. The lowest BCUT2D eigenvalue weighted by molar-refractivity contribution is -0.127. The minimum atomic E-state index is -0.252. The summed E-state index contributed by atoms with van der Waals surface area (Å²) in [5.41, 5.74) is 1.87. The minimum Gasteiger partial charge on any atom is -0.489 e. The van der Waals surface area contributed by atoms with Gasteiger partial charge < -0.3 is 14.5 Å². The molecule has 166 valence electrons. The largest absolute Gasteiger partial charge is 0.489 e. The van der Waals surface area contributed by atoms with Crippen molar-refractivity contribution in [2.24, 2.45) is 0 Å². The summed E-state index contributed by atoms with van der Waals surface area (Å²) in [5, 5.41) is 0. The lowest BCUT2D eigenvalue weighted by Crippen LogP contribution is -2.46. The molecule has 5 heteroatoms. The molecular formula is C26H33FN2O2. The monoisotopic (exact) mass is 424 g/mol. The smallest absolute Gasteiger partial charge is 0.246 e. The van der Waals surface area contributed by atoms with Crippen LogP contribution in [0.25, 0.3) is 6.08 Å². The molecule has 2 aromatic carbocycles. The van der Waals surface area contributed by atoms with Gasteiger partial charge in [-0.2, -0.15) is 0 Å². The van der Waals surface area contributed by atoms with Crippen LogP contribution in [0, 0.1) is 5.82 Å². The van der Waals surface area contributed by atoms with E-state index in [4.69, 9.17) is 4.74 Å². The van der Waals surface area contributed by atoms with Gasteiger partial charge in [-0.1, -0.05) is 38.1 Å². The summed E-state index contributed by atoms with van der Waals surface area (Å²) in [6.07, 6.45) is 6.79. The summed E-state index contributed by atoms with van der Waals surface area (Å²) < 4.78 is 18.7. The average Bonchev–Trinajstić information content (AvgIpc) is 2.81. The van der Waals surface area contributed by atoms with Crippen LogP contribution < -0.4 is 4.74 Å². The summed E-state index contributed by atoms with van der Waals surface area (Å²) in [5.74, 6) is 0.564. The molecule has 1 aliphatic rings. The van der Waals surface area contributed by atoms with Gasteiger partial charge in [-0.3, -0.25) is 4.79 Å². The van der Waals surface area contributed by atoms with Crippen LogP contribution in [0.3, 0.4) is 0 Å². The van der Waals surface area contributed by atoms with Crippen LogP contribution in [-0.4, -0.2) is 47.9 Å². The molecule has 0 N–H and O–H groups in total. The van der Waals surface area contributed by atoms with E-state index in [2.05, 4.69) is 18.7 Å². The van der Waals surface area contributed by atoms with Crippen molar-refractivity contribution in [2.45, 2.75) is 45.8 Å². The van der Waals surface area contributed by atoms with Gasteiger partial charge >= 0.3 is 0 Å². The van der Waals surface area contributed by atoms with Crippen molar-refractivity contribution in [3.8, 4) is 5.75 Å². The summed E-state index contributed by atoms with van der Waals surface area (Å²) in [6.45, 7) is 8.69. The minimum absolute atomic E-state index is 0.0774. The second kappa shape index (κ2) is 11.7. The number of nitrogens with zero attached hydrogens (tertiary/aromatic N) is 2. The Kier molecular flexibility index (Phi) is 8.65. The first-order valence-corrected chi connectivity index (χ1v) is 11.3. The molecule has 31 heavy (non-hydrogen) atoms. The number of benzene rings is 2. The molecule has 3 rings (SSSR count). The van der Waals surface area contributed by atoms with E-state index in [0.717, 1.165) is 55.9 Å². The SMILES string of the molecule is CCCN(CC)C1CCN(C(=O)/C=C\c2ccc(OCc3ccc(F)cc3)cc2)CC1. The first-order chi connectivity index (χ1) is 15.1. The molecule has 0 aromatic heterocycles. The van der Waals surface area contributed by atoms with E-state index in [1.54, 1.807) is 18.2 Å². The van der Waals surface area contributed by atoms with Crippen LogP contribution in [0.15, 0.2) is 54.6 Å². The highest BCUT2D eigenvalue weighted by molar-refractivity contribution is 5.91. The maximum absolute atomic E-state index is 13.0. The molecule has 0 bridgehead atoms. The number of carbonyl (C=O) groups is 1. The Hall–Kier alpha value is -2.66. The first kappa shape index (κ1) is 23.0. The van der Waals surface area contributed by atoms with Gasteiger partial charge in [0.2, 0.25) is 5.91 Å². The molecule has 1 heterocycles. The molecule has 1 aliphatic heterocycles. The normalized spacial score (nSPS) is 15.0. The van der Waals surface area contributed by atoms with Crippen LogP contribution in [0.5, 0.6) is 5.75 Å². The van der Waals surface area contributed by atoms with E-state index in [1.807, 2.05) is 35.2 Å². The van der Waals surface area contributed by atoms with Crippen LogP contribution in [-0.2, 0) is 11.4 Å². The molecule has 1 fully saturated rings. The number of piperidine rings is 1.